The van der Waals surface area contributed by atoms with Gasteiger partial charge in [0.1, 0.15) is 4.88 Å². The van der Waals surface area contributed by atoms with E-state index in [0.29, 0.717) is 5.92 Å². The molecule has 2 heterocycles. The van der Waals surface area contributed by atoms with Gasteiger partial charge in [-0.25, -0.2) is 0 Å². The maximum Gasteiger partial charge on any atom is 0.267 e. The third-order valence-electron chi connectivity index (χ3n) is 3.91. The molecule has 1 N–H and O–H groups in total. The molecule has 0 aromatic carbocycles. The summed E-state index contributed by atoms with van der Waals surface area (Å²) in [5.41, 5.74) is 0.841. The highest BCUT2D eigenvalue weighted by molar-refractivity contribution is 7.08. The molecule has 0 radical (unpaired) electrons. The van der Waals surface area contributed by atoms with Gasteiger partial charge in [-0.2, -0.15) is 0 Å². The molecule has 0 bridgehead atoms. The zero-order valence-corrected chi connectivity index (χ0v) is 14.1. The van der Waals surface area contributed by atoms with Gasteiger partial charge in [-0.05, 0) is 55.7 Å². The normalized spacial score (nSPS) is 19.0. The number of piperidine rings is 1. The molecule has 1 saturated heterocycles. The number of aromatic nitrogens is 2. The highest BCUT2D eigenvalue weighted by atomic mass is 32.1. The maximum absolute atomic E-state index is 12.8. The number of hydrogen-bond acceptors (Lipinski definition) is 5. The van der Waals surface area contributed by atoms with E-state index in [9.17, 15) is 4.79 Å². The molecule has 21 heavy (non-hydrogen) atoms. The summed E-state index contributed by atoms with van der Waals surface area (Å²) < 4.78 is 3.99. The molecule has 0 saturated carbocycles. The molecule has 118 valence electrons. The maximum atomic E-state index is 12.8. The van der Waals surface area contributed by atoms with Gasteiger partial charge in [0.25, 0.3) is 5.91 Å². The van der Waals surface area contributed by atoms with Gasteiger partial charge in [0.05, 0.1) is 5.69 Å². The van der Waals surface area contributed by atoms with E-state index in [0.717, 1.165) is 43.2 Å². The molecule has 2 rings (SSSR count). The molecule has 1 aliphatic heterocycles. The summed E-state index contributed by atoms with van der Waals surface area (Å²) in [6.45, 7) is 10.0. The van der Waals surface area contributed by atoms with E-state index < -0.39 is 0 Å². The molecule has 1 aliphatic rings. The van der Waals surface area contributed by atoms with Gasteiger partial charge in [0, 0.05) is 13.1 Å². The van der Waals surface area contributed by atoms with Crippen LogP contribution in [0.15, 0.2) is 0 Å². The fourth-order valence-corrected chi connectivity index (χ4v) is 3.59. The Morgan fingerprint density at radius 2 is 2.33 bits per heavy atom. The molecule has 1 aromatic heterocycles. The molecule has 1 fully saturated rings. The molecule has 1 amide bonds. The van der Waals surface area contributed by atoms with E-state index in [1.807, 2.05) is 4.90 Å². The Bertz CT molecular complexity index is 454. The van der Waals surface area contributed by atoms with Crippen molar-refractivity contribution in [1.29, 1.82) is 0 Å². The lowest BCUT2D eigenvalue weighted by atomic mass is 9.98. The molecular formula is C15H26N4OS. The Kier molecular flexibility index (Phi) is 6.11. The zero-order valence-electron chi connectivity index (χ0n) is 13.3. The standard InChI is InChI=1S/C15H26N4OS/c1-4-8-19(10-12-6-5-7-16-9-12)15(20)14-13(11(2)3)17-18-21-14/h11-12,16H,4-10H2,1-3H3. The van der Waals surface area contributed by atoms with Crippen molar-refractivity contribution in [2.75, 3.05) is 26.2 Å². The summed E-state index contributed by atoms with van der Waals surface area (Å²) in [5, 5.41) is 7.56. The number of nitrogens with zero attached hydrogens (tertiary/aromatic N) is 3. The first kappa shape index (κ1) is 16.4. The lowest BCUT2D eigenvalue weighted by Crippen LogP contribution is -2.41. The summed E-state index contributed by atoms with van der Waals surface area (Å²) in [6.07, 6.45) is 3.39. The number of nitrogens with one attached hydrogen (secondary N) is 1. The van der Waals surface area contributed by atoms with Crippen molar-refractivity contribution in [2.24, 2.45) is 5.92 Å². The Morgan fingerprint density at radius 3 is 2.95 bits per heavy atom. The van der Waals surface area contributed by atoms with Gasteiger partial charge in [-0.15, -0.1) is 5.10 Å². The van der Waals surface area contributed by atoms with Crippen LogP contribution in [0, 0.1) is 5.92 Å². The fraction of sp³-hybridized carbons (Fsp3) is 0.800. The van der Waals surface area contributed by atoms with Crippen molar-refractivity contribution in [2.45, 2.75) is 46.0 Å². The van der Waals surface area contributed by atoms with Crippen LogP contribution in [-0.2, 0) is 0 Å². The predicted molar refractivity (Wildman–Crippen MR) is 85.8 cm³/mol. The SMILES string of the molecule is CCCN(CC1CCCNC1)C(=O)c1snnc1C(C)C. The molecule has 1 unspecified atom stereocenters. The van der Waals surface area contributed by atoms with E-state index in [2.05, 4.69) is 35.7 Å². The van der Waals surface area contributed by atoms with E-state index in [1.54, 1.807) is 0 Å². The van der Waals surface area contributed by atoms with Crippen molar-refractivity contribution in [3.63, 3.8) is 0 Å². The van der Waals surface area contributed by atoms with Gasteiger partial charge in [0.15, 0.2) is 0 Å². The number of carbonyl (C=O) groups is 1. The molecule has 6 heteroatoms. The van der Waals surface area contributed by atoms with Crippen LogP contribution in [0.2, 0.25) is 0 Å². The Balaban J connectivity index is 2.08. The topological polar surface area (TPSA) is 58.1 Å². The largest absolute Gasteiger partial charge is 0.338 e. The van der Waals surface area contributed by atoms with Crippen molar-refractivity contribution in [3.05, 3.63) is 10.6 Å². The fourth-order valence-electron chi connectivity index (χ4n) is 2.80. The second-order valence-corrected chi connectivity index (χ2v) is 6.86. The molecule has 0 aliphatic carbocycles. The quantitative estimate of drug-likeness (QED) is 0.877. The van der Waals surface area contributed by atoms with Crippen LogP contribution in [0.1, 0.15) is 61.3 Å². The van der Waals surface area contributed by atoms with Gasteiger partial charge in [0.2, 0.25) is 0 Å². The Labute approximate surface area is 131 Å². The Hall–Kier alpha value is -1.01. The van der Waals surface area contributed by atoms with Crippen molar-refractivity contribution >= 4 is 17.4 Å². The highest BCUT2D eigenvalue weighted by Gasteiger charge is 2.26. The third kappa shape index (κ3) is 4.23. The highest BCUT2D eigenvalue weighted by Crippen LogP contribution is 2.22. The second kappa shape index (κ2) is 7.84. The van der Waals surface area contributed by atoms with Crippen LogP contribution in [0.25, 0.3) is 0 Å². The van der Waals surface area contributed by atoms with Crippen molar-refractivity contribution < 1.29 is 4.79 Å². The first-order chi connectivity index (χ1) is 10.1. The minimum Gasteiger partial charge on any atom is -0.338 e. The molecule has 1 aromatic rings. The number of carbonyl (C=O) groups excluding carboxylic acids is 1. The smallest absolute Gasteiger partial charge is 0.267 e. The third-order valence-corrected chi connectivity index (χ3v) is 4.64. The molecular weight excluding hydrogens is 284 g/mol. The van der Waals surface area contributed by atoms with Gasteiger partial charge in [-0.3, -0.25) is 4.79 Å². The van der Waals surface area contributed by atoms with Crippen LogP contribution in [0.5, 0.6) is 0 Å². The summed E-state index contributed by atoms with van der Waals surface area (Å²) in [7, 11) is 0. The van der Waals surface area contributed by atoms with Crippen LogP contribution in [0.3, 0.4) is 0 Å². The summed E-state index contributed by atoms with van der Waals surface area (Å²) in [5.74, 6) is 0.918. The first-order valence-corrected chi connectivity index (χ1v) is 8.73. The average Bonchev–Trinajstić information content (AvgIpc) is 2.97. The van der Waals surface area contributed by atoms with Crippen LogP contribution in [0.4, 0.5) is 0 Å². The zero-order chi connectivity index (χ0) is 15.2. The summed E-state index contributed by atoms with van der Waals surface area (Å²) >= 11 is 1.23. The summed E-state index contributed by atoms with van der Waals surface area (Å²) in [4.78, 5) is 15.6. The van der Waals surface area contributed by atoms with Crippen LogP contribution < -0.4 is 5.32 Å². The monoisotopic (exact) mass is 310 g/mol. The molecule has 5 nitrogen and oxygen atoms in total. The minimum atomic E-state index is 0.112. The minimum absolute atomic E-state index is 0.112. The van der Waals surface area contributed by atoms with Gasteiger partial charge in [-0.1, -0.05) is 25.3 Å². The Morgan fingerprint density at radius 1 is 1.52 bits per heavy atom. The number of hydrogen-bond donors (Lipinski definition) is 1. The number of amides is 1. The number of rotatable bonds is 6. The van der Waals surface area contributed by atoms with Crippen LogP contribution >= 0.6 is 11.5 Å². The lowest BCUT2D eigenvalue weighted by Gasteiger charge is -2.30. The van der Waals surface area contributed by atoms with E-state index >= 15 is 0 Å². The van der Waals surface area contributed by atoms with Crippen LogP contribution in [-0.4, -0.2) is 46.6 Å². The molecule has 0 spiro atoms. The van der Waals surface area contributed by atoms with Crippen molar-refractivity contribution in [1.82, 2.24) is 19.8 Å². The second-order valence-electron chi connectivity index (χ2n) is 6.11. The van der Waals surface area contributed by atoms with Crippen molar-refractivity contribution in [3.8, 4) is 0 Å². The van der Waals surface area contributed by atoms with Gasteiger partial charge >= 0.3 is 0 Å². The summed E-state index contributed by atoms with van der Waals surface area (Å²) in [6, 6.07) is 0. The van der Waals surface area contributed by atoms with E-state index in [1.165, 1.54) is 24.4 Å². The van der Waals surface area contributed by atoms with Gasteiger partial charge < -0.3 is 10.2 Å². The molecule has 1 atom stereocenters. The van der Waals surface area contributed by atoms with E-state index in [-0.39, 0.29) is 11.8 Å². The lowest BCUT2D eigenvalue weighted by molar-refractivity contribution is 0.0722. The van der Waals surface area contributed by atoms with E-state index in [4.69, 9.17) is 0 Å². The predicted octanol–water partition coefficient (Wildman–Crippen LogP) is 2.51. The first-order valence-electron chi connectivity index (χ1n) is 7.95. The average molecular weight is 310 g/mol.